The van der Waals surface area contributed by atoms with Crippen LogP contribution in [0.2, 0.25) is 0 Å². The van der Waals surface area contributed by atoms with E-state index in [-0.39, 0.29) is 11.4 Å². The van der Waals surface area contributed by atoms with Gasteiger partial charge in [-0.2, -0.15) is 0 Å². The van der Waals surface area contributed by atoms with Gasteiger partial charge in [-0.3, -0.25) is 10.1 Å². The van der Waals surface area contributed by atoms with Crippen molar-refractivity contribution in [3.8, 4) is 11.5 Å². The van der Waals surface area contributed by atoms with Gasteiger partial charge in [0.05, 0.1) is 12.0 Å². The first-order valence-electron chi connectivity index (χ1n) is 6.40. The molecule has 0 aliphatic heterocycles. The van der Waals surface area contributed by atoms with Crippen LogP contribution in [0, 0.1) is 10.1 Å². The van der Waals surface area contributed by atoms with E-state index < -0.39 is 4.92 Å². The van der Waals surface area contributed by atoms with E-state index in [0.717, 1.165) is 11.3 Å². The average Bonchev–Trinajstić information content (AvgIpc) is 2.49. The number of non-ortho nitro benzene ring substituents is 1. The lowest BCUT2D eigenvalue weighted by Gasteiger charge is -2.10. The van der Waals surface area contributed by atoms with Crippen molar-refractivity contribution < 1.29 is 14.8 Å². The van der Waals surface area contributed by atoms with Gasteiger partial charge in [0.15, 0.2) is 0 Å². The Balaban J connectivity index is 2.03. The van der Waals surface area contributed by atoms with Gasteiger partial charge in [-0.1, -0.05) is 18.2 Å². The topological polar surface area (TPSA) is 84.6 Å². The Labute approximate surface area is 122 Å². The number of phenols is 1. The van der Waals surface area contributed by atoms with Crippen LogP contribution in [0.5, 0.6) is 11.5 Å². The Morgan fingerprint density at radius 1 is 1.19 bits per heavy atom. The molecule has 2 rings (SSSR count). The molecule has 2 aromatic carbocycles. The lowest BCUT2D eigenvalue weighted by Crippen LogP contribution is -2.13. The summed E-state index contributed by atoms with van der Waals surface area (Å²) in [7, 11) is 1.60. The first kappa shape index (κ1) is 14.8. The van der Waals surface area contributed by atoms with Crippen LogP contribution in [0.1, 0.15) is 11.1 Å². The second kappa shape index (κ2) is 6.71. The number of ether oxygens (including phenoxy) is 1. The molecule has 0 saturated carbocycles. The number of hydrogen-bond donors (Lipinski definition) is 2. The average molecular weight is 288 g/mol. The van der Waals surface area contributed by atoms with E-state index in [9.17, 15) is 15.2 Å². The highest BCUT2D eigenvalue weighted by Gasteiger charge is 2.10. The Morgan fingerprint density at radius 2 is 1.90 bits per heavy atom. The fraction of sp³-hybridized carbons (Fsp3) is 0.200. The van der Waals surface area contributed by atoms with Gasteiger partial charge in [-0.05, 0) is 12.1 Å². The minimum atomic E-state index is -0.483. The molecule has 0 unspecified atom stereocenters. The standard InChI is InChI=1S/C15H16N2O4/c1-21-15-5-3-2-4-11(15)9-16-10-12-8-13(17(19)20)6-7-14(12)18/h2-8,16,18H,9-10H2,1H3. The first-order chi connectivity index (χ1) is 10.1. The Bertz CT molecular complexity index is 643. The van der Waals surface area contributed by atoms with E-state index in [0.29, 0.717) is 18.7 Å². The molecule has 0 spiro atoms. The molecule has 0 fully saturated rings. The van der Waals surface area contributed by atoms with Gasteiger partial charge < -0.3 is 15.2 Å². The van der Waals surface area contributed by atoms with Gasteiger partial charge in [-0.15, -0.1) is 0 Å². The van der Waals surface area contributed by atoms with E-state index in [1.54, 1.807) is 7.11 Å². The number of methoxy groups -OCH3 is 1. The molecule has 0 bridgehead atoms. The Morgan fingerprint density at radius 3 is 2.62 bits per heavy atom. The molecule has 0 aliphatic rings. The first-order valence-corrected chi connectivity index (χ1v) is 6.40. The van der Waals surface area contributed by atoms with Gasteiger partial charge >= 0.3 is 0 Å². The Hall–Kier alpha value is -2.60. The zero-order valence-electron chi connectivity index (χ0n) is 11.6. The zero-order valence-corrected chi connectivity index (χ0v) is 11.6. The summed E-state index contributed by atoms with van der Waals surface area (Å²) in [6.45, 7) is 0.859. The van der Waals surface area contributed by atoms with Crippen molar-refractivity contribution in [1.29, 1.82) is 0 Å². The molecule has 6 heteroatoms. The van der Waals surface area contributed by atoms with Crippen LogP contribution in [0.3, 0.4) is 0 Å². The van der Waals surface area contributed by atoms with Crippen molar-refractivity contribution >= 4 is 5.69 Å². The largest absolute Gasteiger partial charge is 0.508 e. The molecule has 21 heavy (non-hydrogen) atoms. The van der Waals surface area contributed by atoms with Crippen molar-refractivity contribution in [3.05, 3.63) is 63.7 Å². The van der Waals surface area contributed by atoms with Crippen molar-refractivity contribution in [2.45, 2.75) is 13.1 Å². The van der Waals surface area contributed by atoms with E-state index in [2.05, 4.69) is 5.32 Å². The summed E-state index contributed by atoms with van der Waals surface area (Å²) >= 11 is 0. The molecule has 0 aromatic heterocycles. The van der Waals surface area contributed by atoms with Crippen molar-refractivity contribution in [2.75, 3.05) is 7.11 Å². The van der Waals surface area contributed by atoms with E-state index in [1.807, 2.05) is 24.3 Å². The zero-order chi connectivity index (χ0) is 15.2. The summed E-state index contributed by atoms with van der Waals surface area (Å²) in [5.74, 6) is 0.807. The smallest absolute Gasteiger partial charge is 0.270 e. The predicted octanol–water partition coefficient (Wildman–Crippen LogP) is 2.60. The maximum Gasteiger partial charge on any atom is 0.270 e. The van der Waals surface area contributed by atoms with Crippen LogP contribution in [0.25, 0.3) is 0 Å². The Kier molecular flexibility index (Phi) is 4.73. The van der Waals surface area contributed by atoms with Crippen LogP contribution in [-0.2, 0) is 13.1 Å². The maximum absolute atomic E-state index is 10.7. The summed E-state index contributed by atoms with van der Waals surface area (Å²) in [6, 6.07) is 11.6. The van der Waals surface area contributed by atoms with Crippen LogP contribution >= 0.6 is 0 Å². The van der Waals surface area contributed by atoms with Gasteiger partial charge in [0, 0.05) is 36.3 Å². The number of phenolic OH excluding ortho intramolecular Hbond substituents is 1. The minimum Gasteiger partial charge on any atom is -0.508 e. The van der Waals surface area contributed by atoms with Gasteiger partial charge in [0.1, 0.15) is 11.5 Å². The number of nitrogens with zero attached hydrogens (tertiary/aromatic N) is 1. The highest BCUT2D eigenvalue weighted by Crippen LogP contribution is 2.23. The number of nitrogens with one attached hydrogen (secondary N) is 1. The van der Waals surface area contributed by atoms with Gasteiger partial charge in [-0.25, -0.2) is 0 Å². The molecule has 0 amide bonds. The molecule has 2 aromatic rings. The number of nitro groups is 1. The maximum atomic E-state index is 10.7. The fourth-order valence-electron chi connectivity index (χ4n) is 2.01. The van der Waals surface area contributed by atoms with Crippen molar-refractivity contribution in [3.63, 3.8) is 0 Å². The van der Waals surface area contributed by atoms with Crippen LogP contribution in [0.15, 0.2) is 42.5 Å². The summed E-state index contributed by atoms with van der Waals surface area (Å²) < 4.78 is 5.24. The van der Waals surface area contributed by atoms with E-state index >= 15 is 0 Å². The van der Waals surface area contributed by atoms with Crippen LogP contribution in [-0.4, -0.2) is 17.1 Å². The summed E-state index contributed by atoms with van der Waals surface area (Å²) in [5, 5.41) is 23.6. The van der Waals surface area contributed by atoms with E-state index in [4.69, 9.17) is 4.74 Å². The molecular weight excluding hydrogens is 272 g/mol. The molecule has 110 valence electrons. The molecule has 0 heterocycles. The molecule has 2 N–H and O–H groups in total. The molecule has 0 aliphatic carbocycles. The molecule has 6 nitrogen and oxygen atoms in total. The normalized spacial score (nSPS) is 10.3. The summed E-state index contributed by atoms with van der Waals surface area (Å²) in [4.78, 5) is 10.2. The fourth-order valence-corrected chi connectivity index (χ4v) is 2.01. The van der Waals surface area contributed by atoms with Crippen molar-refractivity contribution in [2.24, 2.45) is 0 Å². The highest BCUT2D eigenvalue weighted by molar-refractivity contribution is 5.43. The second-order valence-electron chi connectivity index (χ2n) is 4.49. The molecule has 0 saturated heterocycles. The third-order valence-corrected chi connectivity index (χ3v) is 3.10. The highest BCUT2D eigenvalue weighted by atomic mass is 16.6. The number of aromatic hydroxyl groups is 1. The van der Waals surface area contributed by atoms with Gasteiger partial charge in [0.2, 0.25) is 0 Å². The van der Waals surface area contributed by atoms with Crippen molar-refractivity contribution in [1.82, 2.24) is 5.32 Å². The predicted molar refractivity (Wildman–Crippen MR) is 78.3 cm³/mol. The molecule has 0 atom stereocenters. The third kappa shape index (κ3) is 3.70. The lowest BCUT2D eigenvalue weighted by molar-refractivity contribution is -0.384. The number of hydrogen-bond acceptors (Lipinski definition) is 5. The number of nitro benzene ring substituents is 1. The molecule has 0 radical (unpaired) electrons. The summed E-state index contributed by atoms with van der Waals surface area (Å²) in [6.07, 6.45) is 0. The number of benzene rings is 2. The second-order valence-corrected chi connectivity index (χ2v) is 4.49. The number of rotatable bonds is 6. The number of para-hydroxylation sites is 1. The van der Waals surface area contributed by atoms with Crippen LogP contribution in [0.4, 0.5) is 5.69 Å². The monoisotopic (exact) mass is 288 g/mol. The van der Waals surface area contributed by atoms with Crippen LogP contribution < -0.4 is 10.1 Å². The minimum absolute atomic E-state index is 0.0353. The lowest BCUT2D eigenvalue weighted by atomic mass is 10.1. The summed E-state index contributed by atoms with van der Waals surface area (Å²) in [5.41, 5.74) is 1.42. The molecular formula is C15H16N2O4. The van der Waals surface area contributed by atoms with E-state index in [1.165, 1.54) is 18.2 Å². The quantitative estimate of drug-likeness (QED) is 0.630. The van der Waals surface area contributed by atoms with Gasteiger partial charge in [0.25, 0.3) is 5.69 Å². The third-order valence-electron chi connectivity index (χ3n) is 3.10. The SMILES string of the molecule is COc1ccccc1CNCc1cc([N+](=O)[O-])ccc1O.